The van der Waals surface area contributed by atoms with E-state index in [-0.39, 0.29) is 0 Å². The van der Waals surface area contributed by atoms with Gasteiger partial charge in [0, 0.05) is 32.7 Å². The highest BCUT2D eigenvalue weighted by molar-refractivity contribution is 5.79. The molecular formula is C24H34N4O3. The Bertz CT molecular complexity index is 860. The summed E-state index contributed by atoms with van der Waals surface area (Å²) in [6.45, 7) is 7.29. The number of hydrogen-bond acceptors (Lipinski definition) is 5. The molecule has 0 unspecified atom stereocenters. The van der Waals surface area contributed by atoms with E-state index in [1.807, 2.05) is 12.1 Å². The molecule has 0 radical (unpaired) electrons. The van der Waals surface area contributed by atoms with Gasteiger partial charge < -0.3 is 24.8 Å². The van der Waals surface area contributed by atoms with Crippen LogP contribution in [0.15, 0.2) is 41.4 Å². The molecular weight excluding hydrogens is 392 g/mol. The van der Waals surface area contributed by atoms with Crippen LogP contribution in [0.2, 0.25) is 0 Å². The van der Waals surface area contributed by atoms with Gasteiger partial charge in [0.25, 0.3) is 0 Å². The van der Waals surface area contributed by atoms with Gasteiger partial charge in [-0.05, 0) is 42.2 Å². The van der Waals surface area contributed by atoms with Crippen LogP contribution in [0.3, 0.4) is 0 Å². The normalized spacial score (nSPS) is 14.0. The Hall–Kier alpha value is -2.93. The maximum atomic E-state index is 5.44. The van der Waals surface area contributed by atoms with Gasteiger partial charge in [-0.2, -0.15) is 0 Å². The van der Waals surface area contributed by atoms with Crippen LogP contribution in [0.25, 0.3) is 0 Å². The van der Waals surface area contributed by atoms with Crippen molar-refractivity contribution in [1.29, 1.82) is 0 Å². The van der Waals surface area contributed by atoms with Crippen LogP contribution in [0.4, 0.5) is 0 Å². The highest BCUT2D eigenvalue weighted by Crippen LogP contribution is 2.38. The maximum absolute atomic E-state index is 5.44. The van der Waals surface area contributed by atoms with Crippen LogP contribution in [0, 0.1) is 0 Å². The SMILES string of the molecule is CCNC(=NCc1cc(OC)c(OC)c(OC)c1)NCCN1CCc2ccccc2C1. The minimum absolute atomic E-state index is 0.503. The number of ether oxygens (including phenoxy) is 3. The summed E-state index contributed by atoms with van der Waals surface area (Å²) in [6.07, 6.45) is 1.12. The summed E-state index contributed by atoms with van der Waals surface area (Å²) in [5.74, 6) is 2.66. The molecule has 7 nitrogen and oxygen atoms in total. The first kappa shape index (κ1) is 22.7. The van der Waals surface area contributed by atoms with Crippen molar-refractivity contribution in [3.8, 4) is 17.2 Å². The third kappa shape index (κ3) is 6.04. The zero-order valence-corrected chi connectivity index (χ0v) is 19.0. The number of rotatable bonds is 9. The quantitative estimate of drug-likeness (QED) is 0.475. The summed E-state index contributed by atoms with van der Waals surface area (Å²) < 4.78 is 16.3. The number of fused-ring (bicyclic) bond motifs is 1. The molecule has 0 bridgehead atoms. The van der Waals surface area contributed by atoms with Crippen molar-refractivity contribution in [2.24, 2.45) is 4.99 Å². The summed E-state index contributed by atoms with van der Waals surface area (Å²) in [5.41, 5.74) is 3.91. The monoisotopic (exact) mass is 426 g/mol. The van der Waals surface area contributed by atoms with E-state index in [0.29, 0.717) is 23.8 Å². The Morgan fingerprint density at radius 3 is 2.35 bits per heavy atom. The van der Waals surface area contributed by atoms with Crippen molar-refractivity contribution in [1.82, 2.24) is 15.5 Å². The zero-order chi connectivity index (χ0) is 22.1. The van der Waals surface area contributed by atoms with Crippen LogP contribution >= 0.6 is 0 Å². The van der Waals surface area contributed by atoms with Gasteiger partial charge in [-0.1, -0.05) is 24.3 Å². The molecule has 2 aromatic carbocycles. The van der Waals surface area contributed by atoms with Gasteiger partial charge in [0.15, 0.2) is 17.5 Å². The first-order valence-corrected chi connectivity index (χ1v) is 10.8. The van der Waals surface area contributed by atoms with Crippen LogP contribution in [-0.2, 0) is 19.5 Å². The second-order valence-corrected chi connectivity index (χ2v) is 7.45. The number of aliphatic imine (C=N–C) groups is 1. The van der Waals surface area contributed by atoms with Gasteiger partial charge in [0.05, 0.1) is 27.9 Å². The number of methoxy groups -OCH3 is 3. The van der Waals surface area contributed by atoms with Gasteiger partial charge >= 0.3 is 0 Å². The molecule has 0 saturated carbocycles. The predicted octanol–water partition coefficient (Wildman–Crippen LogP) is 2.83. The number of guanidine groups is 1. The van der Waals surface area contributed by atoms with Gasteiger partial charge in [-0.3, -0.25) is 4.90 Å². The van der Waals surface area contributed by atoms with Crippen molar-refractivity contribution >= 4 is 5.96 Å². The molecule has 7 heteroatoms. The van der Waals surface area contributed by atoms with E-state index >= 15 is 0 Å². The molecule has 0 saturated heterocycles. The average Bonchev–Trinajstić information content (AvgIpc) is 2.81. The topological polar surface area (TPSA) is 67.4 Å². The molecule has 0 aliphatic carbocycles. The van der Waals surface area contributed by atoms with E-state index in [1.165, 1.54) is 11.1 Å². The van der Waals surface area contributed by atoms with Gasteiger partial charge in [0.2, 0.25) is 5.75 Å². The third-order valence-electron chi connectivity index (χ3n) is 5.42. The standard InChI is InChI=1S/C24H34N4O3/c1-5-25-24(26-11-13-28-12-10-19-8-6-7-9-20(19)17-28)27-16-18-14-21(29-2)23(31-4)22(15-18)30-3/h6-9,14-15H,5,10-13,16-17H2,1-4H3,(H2,25,26,27). The first-order chi connectivity index (χ1) is 15.2. The Labute approximate surface area is 185 Å². The lowest BCUT2D eigenvalue weighted by atomic mass is 10.00. The lowest BCUT2D eigenvalue weighted by Crippen LogP contribution is -2.42. The molecule has 0 aromatic heterocycles. The molecule has 31 heavy (non-hydrogen) atoms. The lowest BCUT2D eigenvalue weighted by molar-refractivity contribution is 0.258. The molecule has 1 heterocycles. The van der Waals surface area contributed by atoms with Gasteiger partial charge in [-0.25, -0.2) is 4.99 Å². The summed E-state index contributed by atoms with van der Waals surface area (Å²) in [6, 6.07) is 12.6. The fourth-order valence-electron chi connectivity index (χ4n) is 3.82. The molecule has 168 valence electrons. The fraction of sp³-hybridized carbons (Fsp3) is 0.458. The van der Waals surface area contributed by atoms with Crippen molar-refractivity contribution < 1.29 is 14.2 Å². The molecule has 1 aliphatic rings. The minimum Gasteiger partial charge on any atom is -0.493 e. The average molecular weight is 427 g/mol. The second-order valence-electron chi connectivity index (χ2n) is 7.45. The minimum atomic E-state index is 0.503. The van der Waals surface area contributed by atoms with E-state index in [1.54, 1.807) is 21.3 Å². The Morgan fingerprint density at radius 1 is 1.00 bits per heavy atom. The Morgan fingerprint density at radius 2 is 1.71 bits per heavy atom. The number of benzene rings is 2. The molecule has 3 rings (SSSR count). The van der Waals surface area contributed by atoms with Crippen LogP contribution in [0.1, 0.15) is 23.6 Å². The van der Waals surface area contributed by atoms with E-state index < -0.39 is 0 Å². The van der Waals surface area contributed by atoms with Crippen LogP contribution < -0.4 is 24.8 Å². The van der Waals surface area contributed by atoms with Crippen molar-refractivity contribution in [2.45, 2.75) is 26.4 Å². The van der Waals surface area contributed by atoms with Crippen LogP contribution in [-0.4, -0.2) is 58.4 Å². The summed E-state index contributed by atoms with van der Waals surface area (Å²) in [7, 11) is 4.84. The fourth-order valence-corrected chi connectivity index (χ4v) is 3.82. The smallest absolute Gasteiger partial charge is 0.203 e. The maximum Gasteiger partial charge on any atom is 0.203 e. The van der Waals surface area contributed by atoms with E-state index in [9.17, 15) is 0 Å². The van der Waals surface area contributed by atoms with E-state index in [4.69, 9.17) is 19.2 Å². The molecule has 0 fully saturated rings. The zero-order valence-electron chi connectivity index (χ0n) is 19.0. The second kappa shape index (κ2) is 11.5. The highest BCUT2D eigenvalue weighted by Gasteiger charge is 2.15. The van der Waals surface area contributed by atoms with E-state index in [2.05, 4.69) is 46.7 Å². The molecule has 2 aromatic rings. The third-order valence-corrected chi connectivity index (χ3v) is 5.42. The van der Waals surface area contributed by atoms with Crippen LogP contribution in [0.5, 0.6) is 17.2 Å². The van der Waals surface area contributed by atoms with E-state index in [0.717, 1.165) is 50.7 Å². The van der Waals surface area contributed by atoms with Gasteiger partial charge in [0.1, 0.15) is 0 Å². The van der Waals surface area contributed by atoms with Crippen molar-refractivity contribution in [3.05, 3.63) is 53.1 Å². The molecule has 2 N–H and O–H groups in total. The molecule has 0 spiro atoms. The first-order valence-electron chi connectivity index (χ1n) is 10.8. The number of nitrogens with one attached hydrogen (secondary N) is 2. The highest BCUT2D eigenvalue weighted by atomic mass is 16.5. The summed E-state index contributed by atoms with van der Waals surface area (Å²) in [5, 5.41) is 6.77. The summed E-state index contributed by atoms with van der Waals surface area (Å²) >= 11 is 0. The lowest BCUT2D eigenvalue weighted by Gasteiger charge is -2.28. The molecule has 0 atom stereocenters. The Balaban J connectivity index is 1.58. The number of nitrogens with zero attached hydrogens (tertiary/aromatic N) is 2. The summed E-state index contributed by atoms with van der Waals surface area (Å²) in [4.78, 5) is 7.22. The molecule has 0 amide bonds. The van der Waals surface area contributed by atoms with Gasteiger partial charge in [-0.15, -0.1) is 0 Å². The van der Waals surface area contributed by atoms with Crippen molar-refractivity contribution in [3.63, 3.8) is 0 Å². The number of hydrogen-bond donors (Lipinski definition) is 2. The Kier molecular flexibility index (Phi) is 8.41. The molecule has 1 aliphatic heterocycles. The predicted molar refractivity (Wildman–Crippen MR) is 124 cm³/mol. The van der Waals surface area contributed by atoms with Crippen molar-refractivity contribution in [2.75, 3.05) is 47.5 Å². The largest absolute Gasteiger partial charge is 0.493 e.